The summed E-state index contributed by atoms with van der Waals surface area (Å²) >= 11 is 0. The first kappa shape index (κ1) is 11.9. The maximum Gasteiger partial charge on any atom is 0.231 e. The van der Waals surface area contributed by atoms with Crippen LogP contribution in [-0.4, -0.2) is 13.6 Å². The van der Waals surface area contributed by atoms with Crippen LogP contribution in [0.15, 0.2) is 23.7 Å². The quantitative estimate of drug-likeness (QED) is 0.786. The van der Waals surface area contributed by atoms with Crippen molar-refractivity contribution >= 4 is 0 Å². The number of benzene rings is 1. The van der Waals surface area contributed by atoms with Gasteiger partial charge in [-0.15, -0.1) is 0 Å². The van der Waals surface area contributed by atoms with E-state index in [2.05, 4.69) is 19.9 Å². The second-order valence-corrected chi connectivity index (χ2v) is 5.72. The fourth-order valence-corrected chi connectivity index (χ4v) is 3.45. The molecular weight excluding hydrogens is 256 g/mol. The van der Waals surface area contributed by atoms with E-state index in [-0.39, 0.29) is 5.92 Å². The van der Waals surface area contributed by atoms with Gasteiger partial charge in [0.25, 0.3) is 0 Å². The summed E-state index contributed by atoms with van der Waals surface area (Å²) < 4.78 is 22.6. The second-order valence-electron chi connectivity index (χ2n) is 5.72. The molecule has 2 atom stereocenters. The molecule has 1 aliphatic carbocycles. The van der Waals surface area contributed by atoms with Crippen LogP contribution in [-0.2, 0) is 9.47 Å². The average Bonchev–Trinajstić information content (AvgIpc) is 3.08. The molecule has 2 heterocycles. The number of ether oxygens (including phenoxy) is 4. The summed E-state index contributed by atoms with van der Waals surface area (Å²) in [7, 11) is 0. The van der Waals surface area contributed by atoms with Crippen molar-refractivity contribution in [2.45, 2.75) is 32.6 Å². The summed E-state index contributed by atoms with van der Waals surface area (Å²) in [6.45, 7) is 5.04. The largest absolute Gasteiger partial charge is 0.458 e. The molecule has 0 bridgehead atoms. The van der Waals surface area contributed by atoms with Crippen molar-refractivity contribution < 1.29 is 18.9 Å². The Kier molecular flexibility index (Phi) is 2.59. The highest BCUT2D eigenvalue weighted by Crippen LogP contribution is 2.51. The van der Waals surface area contributed by atoms with Gasteiger partial charge >= 0.3 is 0 Å². The normalized spacial score (nSPS) is 27.1. The molecule has 0 radical (unpaired) electrons. The number of aryl methyl sites for hydroxylation is 1. The third kappa shape index (κ3) is 1.60. The summed E-state index contributed by atoms with van der Waals surface area (Å²) in [5, 5.41) is 0. The van der Waals surface area contributed by atoms with Gasteiger partial charge in [0.15, 0.2) is 11.5 Å². The first-order chi connectivity index (χ1) is 9.75. The van der Waals surface area contributed by atoms with Crippen molar-refractivity contribution in [3.8, 4) is 11.5 Å². The van der Waals surface area contributed by atoms with Gasteiger partial charge in [0.05, 0.1) is 5.92 Å². The first-order valence-corrected chi connectivity index (χ1v) is 7.13. The molecule has 0 saturated carbocycles. The minimum Gasteiger partial charge on any atom is -0.458 e. The summed E-state index contributed by atoms with van der Waals surface area (Å²) in [6, 6.07) is 4.08. The number of hydrogen-bond acceptors (Lipinski definition) is 4. The van der Waals surface area contributed by atoms with Gasteiger partial charge < -0.3 is 18.9 Å². The van der Waals surface area contributed by atoms with Gasteiger partial charge in [-0.2, -0.15) is 0 Å². The van der Waals surface area contributed by atoms with Crippen molar-refractivity contribution in [1.82, 2.24) is 0 Å². The Balaban J connectivity index is 1.88. The molecule has 0 N–H and O–H groups in total. The van der Waals surface area contributed by atoms with Crippen LogP contribution in [0.4, 0.5) is 0 Å². The molecule has 0 fully saturated rings. The van der Waals surface area contributed by atoms with E-state index in [1.807, 2.05) is 6.07 Å². The summed E-state index contributed by atoms with van der Waals surface area (Å²) in [5.74, 6) is 4.44. The Labute approximate surface area is 118 Å². The molecule has 2 aliphatic heterocycles. The number of rotatable bonds is 1. The fourth-order valence-electron chi connectivity index (χ4n) is 3.45. The van der Waals surface area contributed by atoms with Crippen LogP contribution >= 0.6 is 0 Å². The van der Waals surface area contributed by atoms with E-state index in [9.17, 15) is 0 Å². The van der Waals surface area contributed by atoms with Gasteiger partial charge in [0.1, 0.15) is 11.5 Å². The van der Waals surface area contributed by atoms with E-state index < -0.39 is 0 Å². The molecule has 1 aromatic carbocycles. The maximum atomic E-state index is 5.77. The van der Waals surface area contributed by atoms with Crippen LogP contribution in [0.25, 0.3) is 0 Å². The average molecular weight is 274 g/mol. The third-order valence-electron chi connectivity index (χ3n) is 4.51. The monoisotopic (exact) mass is 274 g/mol. The van der Waals surface area contributed by atoms with E-state index in [1.54, 1.807) is 0 Å². The zero-order valence-corrected chi connectivity index (χ0v) is 11.8. The van der Waals surface area contributed by atoms with Crippen LogP contribution < -0.4 is 9.47 Å². The van der Waals surface area contributed by atoms with Gasteiger partial charge in [-0.25, -0.2) is 0 Å². The molecule has 0 aromatic heterocycles. The van der Waals surface area contributed by atoms with Crippen LogP contribution in [0.1, 0.15) is 36.8 Å². The number of fused-ring (bicyclic) bond motifs is 1. The smallest absolute Gasteiger partial charge is 0.231 e. The molecule has 1 aromatic rings. The highest BCUT2D eigenvalue weighted by Gasteiger charge is 2.39. The maximum absolute atomic E-state index is 5.77. The van der Waals surface area contributed by atoms with Crippen LogP contribution in [0, 0.1) is 12.8 Å². The van der Waals surface area contributed by atoms with E-state index >= 15 is 0 Å². The molecule has 4 rings (SSSR count). The lowest BCUT2D eigenvalue weighted by molar-refractivity contribution is 0.0667. The van der Waals surface area contributed by atoms with Gasteiger partial charge in [0.2, 0.25) is 13.6 Å². The van der Waals surface area contributed by atoms with E-state index in [0.29, 0.717) is 19.5 Å². The Bertz CT molecular complexity index is 590. The topological polar surface area (TPSA) is 36.9 Å². The number of hydrogen-bond donors (Lipinski definition) is 0. The molecule has 0 amide bonds. The van der Waals surface area contributed by atoms with Crippen LogP contribution in [0.2, 0.25) is 0 Å². The summed E-state index contributed by atoms with van der Waals surface area (Å²) in [5.41, 5.74) is 2.42. The van der Waals surface area contributed by atoms with Crippen molar-refractivity contribution in [3.05, 3.63) is 34.8 Å². The van der Waals surface area contributed by atoms with E-state index in [0.717, 1.165) is 35.9 Å². The van der Waals surface area contributed by atoms with Gasteiger partial charge in [-0.3, -0.25) is 0 Å². The summed E-state index contributed by atoms with van der Waals surface area (Å²) in [6.07, 6.45) is 2.08. The fraction of sp³-hybridized carbons (Fsp3) is 0.500. The van der Waals surface area contributed by atoms with Gasteiger partial charge in [-0.05, 0) is 30.9 Å². The van der Waals surface area contributed by atoms with Crippen molar-refractivity contribution in [1.29, 1.82) is 0 Å². The summed E-state index contributed by atoms with van der Waals surface area (Å²) in [4.78, 5) is 0. The van der Waals surface area contributed by atoms with E-state index in [4.69, 9.17) is 18.9 Å². The molecule has 3 aliphatic rings. The van der Waals surface area contributed by atoms with Crippen LogP contribution in [0.3, 0.4) is 0 Å². The molecule has 4 heteroatoms. The first-order valence-electron chi connectivity index (χ1n) is 7.13. The molecule has 4 nitrogen and oxygen atoms in total. The lowest BCUT2D eigenvalue weighted by Gasteiger charge is -2.30. The third-order valence-corrected chi connectivity index (χ3v) is 4.51. The van der Waals surface area contributed by atoms with Crippen molar-refractivity contribution in [2.75, 3.05) is 13.6 Å². The van der Waals surface area contributed by atoms with Gasteiger partial charge in [0, 0.05) is 12.0 Å². The Morgan fingerprint density at radius 1 is 1.05 bits per heavy atom. The minimum absolute atomic E-state index is 0.206. The highest BCUT2D eigenvalue weighted by molar-refractivity contribution is 5.55. The molecular formula is C16H18O4. The molecule has 106 valence electrons. The van der Waals surface area contributed by atoms with Crippen molar-refractivity contribution in [2.24, 2.45) is 5.92 Å². The predicted molar refractivity (Wildman–Crippen MR) is 72.5 cm³/mol. The second kappa shape index (κ2) is 4.33. The zero-order valence-electron chi connectivity index (χ0n) is 11.8. The van der Waals surface area contributed by atoms with Crippen LogP contribution in [0.5, 0.6) is 11.5 Å². The van der Waals surface area contributed by atoms with Crippen molar-refractivity contribution in [3.63, 3.8) is 0 Å². The Hall–Kier alpha value is -1.84. The molecule has 20 heavy (non-hydrogen) atoms. The van der Waals surface area contributed by atoms with Gasteiger partial charge in [-0.1, -0.05) is 13.0 Å². The van der Waals surface area contributed by atoms with E-state index in [1.165, 1.54) is 11.1 Å². The lowest BCUT2D eigenvalue weighted by Crippen LogP contribution is -2.19. The Morgan fingerprint density at radius 3 is 2.80 bits per heavy atom. The predicted octanol–water partition coefficient (Wildman–Crippen LogP) is 3.45. The number of allylic oxidation sites excluding steroid dienone is 2. The SMILES string of the molecule is Cc1ccc2c(c1C1C3=C(CCC1C)OCO3)OCO2. The zero-order chi connectivity index (χ0) is 13.7. The molecule has 2 unspecified atom stereocenters. The Morgan fingerprint density at radius 2 is 1.90 bits per heavy atom. The molecule has 0 saturated heterocycles. The molecule has 0 spiro atoms. The minimum atomic E-state index is 0.206. The highest BCUT2D eigenvalue weighted by atomic mass is 16.7. The standard InChI is InChI=1S/C16H18O4/c1-9-3-5-11-15(19-7-17-11)13(9)14-10(2)4-6-12-16(14)20-8-18-12/h3,5,10,14H,4,6-8H2,1-2H3. The lowest BCUT2D eigenvalue weighted by atomic mass is 9.77.